The number of aliphatic imine (C=N–C) groups is 1. The summed E-state index contributed by atoms with van der Waals surface area (Å²) in [6.45, 7) is 0. The van der Waals surface area contributed by atoms with Crippen molar-refractivity contribution in [2.75, 3.05) is 0 Å². The number of hydrogen-bond donors (Lipinski definition) is 1. The molecule has 0 radical (unpaired) electrons. The zero-order valence-electron chi connectivity index (χ0n) is 8.07. The van der Waals surface area contributed by atoms with Gasteiger partial charge in [0.15, 0.2) is 0 Å². The molecule has 1 aromatic heterocycles. The van der Waals surface area contributed by atoms with E-state index < -0.39 is 0 Å². The third-order valence-corrected chi connectivity index (χ3v) is 3.25. The van der Waals surface area contributed by atoms with Gasteiger partial charge in [0.05, 0.1) is 17.1 Å². The number of nitrogens with zero attached hydrogens (tertiary/aromatic N) is 2. The molecule has 2 heterocycles. The lowest BCUT2D eigenvalue weighted by Gasteiger charge is -2.20. The molecule has 0 amide bonds. The Balaban J connectivity index is 2.07. The van der Waals surface area contributed by atoms with Crippen molar-refractivity contribution in [2.45, 2.75) is 12.3 Å². The second-order valence-corrected chi connectivity index (χ2v) is 4.05. The van der Waals surface area contributed by atoms with E-state index in [-0.39, 0.29) is 0 Å². The average Bonchev–Trinajstić information content (AvgIpc) is 2.46. The van der Waals surface area contributed by atoms with E-state index >= 15 is 0 Å². The van der Waals surface area contributed by atoms with Crippen molar-refractivity contribution in [1.82, 2.24) is 10.3 Å². The second kappa shape index (κ2) is 2.37. The second-order valence-electron chi connectivity index (χ2n) is 4.05. The van der Waals surface area contributed by atoms with Crippen LogP contribution >= 0.6 is 0 Å². The van der Waals surface area contributed by atoms with Crippen LogP contribution in [0, 0.1) is 0 Å². The lowest BCUT2D eigenvalue weighted by molar-refractivity contribution is 0.857. The monoisotopic (exact) mass is 195 g/mol. The smallest absolute Gasteiger partial charge is 0.0955 e. The molecule has 1 atom stereocenters. The van der Waals surface area contributed by atoms with E-state index in [9.17, 15) is 0 Å². The fourth-order valence-corrected chi connectivity index (χ4v) is 2.63. The normalized spacial score (nSPS) is 24.1. The van der Waals surface area contributed by atoms with Gasteiger partial charge in [-0.2, -0.15) is 0 Å². The third-order valence-electron chi connectivity index (χ3n) is 3.25. The molecule has 0 spiro atoms. The van der Waals surface area contributed by atoms with Gasteiger partial charge in [-0.3, -0.25) is 9.98 Å². The van der Waals surface area contributed by atoms with Gasteiger partial charge in [-0.15, -0.1) is 0 Å². The summed E-state index contributed by atoms with van der Waals surface area (Å²) < 4.78 is 0. The lowest BCUT2D eigenvalue weighted by atomic mass is 9.92. The molecule has 3 aliphatic rings. The summed E-state index contributed by atoms with van der Waals surface area (Å²) in [6.07, 6.45) is 8.87. The molecule has 3 heteroatoms. The highest BCUT2D eigenvalue weighted by molar-refractivity contribution is 6.16. The summed E-state index contributed by atoms with van der Waals surface area (Å²) in [4.78, 5) is 8.88. The quantitative estimate of drug-likeness (QED) is 0.680. The van der Waals surface area contributed by atoms with Crippen molar-refractivity contribution in [3.8, 4) is 0 Å². The number of fused-ring (bicyclic) bond motifs is 1. The highest BCUT2D eigenvalue weighted by Gasteiger charge is 2.34. The minimum absolute atomic E-state index is 0.505. The van der Waals surface area contributed by atoms with Gasteiger partial charge in [0.1, 0.15) is 0 Å². The van der Waals surface area contributed by atoms with Crippen molar-refractivity contribution in [3.63, 3.8) is 0 Å². The fraction of sp³-hybridized carbons (Fsp3) is 0.167. The van der Waals surface area contributed by atoms with Crippen molar-refractivity contribution >= 4 is 5.71 Å². The highest BCUT2D eigenvalue weighted by Crippen LogP contribution is 2.40. The van der Waals surface area contributed by atoms with Gasteiger partial charge in [-0.25, -0.2) is 0 Å². The Labute approximate surface area is 87.3 Å². The molecular weight excluding hydrogens is 186 g/mol. The lowest BCUT2D eigenvalue weighted by Crippen LogP contribution is -2.23. The van der Waals surface area contributed by atoms with E-state index in [0.29, 0.717) is 5.92 Å². The standard InChI is InChI=1S/C12H9N3/c1-2-13-9-5-7-6-10-12(11(9)8(1)7)15-4-3-14-10/h1-4,6-7,14H,5H2. The minimum atomic E-state index is 0.505. The zero-order valence-corrected chi connectivity index (χ0v) is 8.07. The summed E-state index contributed by atoms with van der Waals surface area (Å²) in [7, 11) is 0. The van der Waals surface area contributed by atoms with Crippen molar-refractivity contribution in [2.24, 2.45) is 4.99 Å². The molecule has 15 heavy (non-hydrogen) atoms. The molecule has 1 unspecified atom stereocenters. The number of allylic oxidation sites excluding steroid dienone is 2. The maximum absolute atomic E-state index is 4.45. The van der Waals surface area contributed by atoms with Gasteiger partial charge in [0.2, 0.25) is 0 Å². The minimum Gasteiger partial charge on any atom is -0.359 e. The maximum Gasteiger partial charge on any atom is 0.0955 e. The molecule has 1 N–H and O–H groups in total. The van der Waals surface area contributed by atoms with E-state index in [4.69, 9.17) is 0 Å². The molecule has 2 aliphatic carbocycles. The average molecular weight is 195 g/mol. The van der Waals surface area contributed by atoms with Crippen LogP contribution in [0.1, 0.15) is 22.7 Å². The van der Waals surface area contributed by atoms with Gasteiger partial charge in [-0.1, -0.05) is 6.08 Å². The Bertz CT molecular complexity index is 552. The zero-order chi connectivity index (χ0) is 9.83. The first-order valence-corrected chi connectivity index (χ1v) is 5.13. The van der Waals surface area contributed by atoms with Crippen LogP contribution in [0.4, 0.5) is 0 Å². The molecule has 0 saturated heterocycles. The van der Waals surface area contributed by atoms with Crippen LogP contribution in [0.2, 0.25) is 0 Å². The summed E-state index contributed by atoms with van der Waals surface area (Å²) in [5.41, 5.74) is 6.04. The predicted octanol–water partition coefficient (Wildman–Crippen LogP) is 1.48. The van der Waals surface area contributed by atoms with Gasteiger partial charge in [-0.05, 0) is 11.6 Å². The number of aromatic nitrogens is 1. The van der Waals surface area contributed by atoms with Crippen LogP contribution in [-0.4, -0.2) is 10.7 Å². The van der Waals surface area contributed by atoms with Crippen molar-refractivity contribution < 1.29 is 0 Å². The Morgan fingerprint density at radius 1 is 1.40 bits per heavy atom. The molecule has 4 rings (SSSR count). The molecule has 1 aliphatic heterocycles. The van der Waals surface area contributed by atoms with Crippen LogP contribution in [0.25, 0.3) is 0 Å². The van der Waals surface area contributed by atoms with Crippen LogP contribution < -0.4 is 5.32 Å². The van der Waals surface area contributed by atoms with Gasteiger partial charge < -0.3 is 5.32 Å². The fourth-order valence-electron chi connectivity index (χ4n) is 2.63. The molecule has 72 valence electrons. The summed E-state index contributed by atoms with van der Waals surface area (Å²) in [6, 6.07) is 2.12. The summed E-state index contributed by atoms with van der Waals surface area (Å²) in [5.74, 6) is 0.505. The van der Waals surface area contributed by atoms with E-state index in [1.54, 1.807) is 6.20 Å². The van der Waals surface area contributed by atoms with Crippen LogP contribution in [0.3, 0.4) is 0 Å². The molecule has 3 nitrogen and oxygen atoms in total. The van der Waals surface area contributed by atoms with Crippen LogP contribution in [0.15, 0.2) is 41.4 Å². The van der Waals surface area contributed by atoms with Crippen LogP contribution in [0.5, 0.6) is 0 Å². The van der Waals surface area contributed by atoms with E-state index in [1.807, 2.05) is 12.4 Å². The number of hydrogen-bond acceptors (Lipinski definition) is 3. The van der Waals surface area contributed by atoms with Gasteiger partial charge >= 0.3 is 0 Å². The molecule has 0 saturated carbocycles. The first-order valence-electron chi connectivity index (χ1n) is 5.13. The van der Waals surface area contributed by atoms with Gasteiger partial charge in [0.25, 0.3) is 0 Å². The molecule has 4 bridgehead atoms. The van der Waals surface area contributed by atoms with E-state index in [0.717, 1.165) is 17.8 Å². The Kier molecular flexibility index (Phi) is 1.17. The van der Waals surface area contributed by atoms with E-state index in [2.05, 4.69) is 27.4 Å². The molecule has 1 aromatic rings. The Morgan fingerprint density at radius 2 is 2.40 bits per heavy atom. The SMILES string of the molecule is C1=CNC2=CC3Cc4nccc3c4C2=N1. The Hall–Kier alpha value is -1.90. The van der Waals surface area contributed by atoms with Crippen LogP contribution in [-0.2, 0) is 6.42 Å². The molecular formula is C12H9N3. The first kappa shape index (κ1) is 7.40. The molecule has 0 aromatic carbocycles. The maximum atomic E-state index is 4.45. The first-order chi connectivity index (χ1) is 7.43. The number of nitrogens with one attached hydrogen (secondary N) is 1. The number of rotatable bonds is 0. The topological polar surface area (TPSA) is 37.3 Å². The van der Waals surface area contributed by atoms with Crippen molar-refractivity contribution in [1.29, 1.82) is 0 Å². The van der Waals surface area contributed by atoms with Crippen molar-refractivity contribution in [3.05, 3.63) is 53.3 Å². The Morgan fingerprint density at radius 3 is 3.40 bits per heavy atom. The number of pyridine rings is 1. The third kappa shape index (κ3) is 0.807. The summed E-state index contributed by atoms with van der Waals surface area (Å²) in [5, 5.41) is 3.25. The molecule has 0 fully saturated rings. The summed E-state index contributed by atoms with van der Waals surface area (Å²) >= 11 is 0. The predicted molar refractivity (Wildman–Crippen MR) is 57.6 cm³/mol. The van der Waals surface area contributed by atoms with Gasteiger partial charge in [0, 0.05) is 36.5 Å². The largest absolute Gasteiger partial charge is 0.359 e. The highest BCUT2D eigenvalue weighted by atomic mass is 15.0. The van der Waals surface area contributed by atoms with E-state index in [1.165, 1.54) is 16.8 Å².